The van der Waals surface area contributed by atoms with Crippen LogP contribution < -0.4 is 11.1 Å². The summed E-state index contributed by atoms with van der Waals surface area (Å²) >= 11 is 0. The summed E-state index contributed by atoms with van der Waals surface area (Å²) in [6, 6.07) is 7.17. The van der Waals surface area contributed by atoms with E-state index in [-0.39, 0.29) is 12.5 Å². The highest BCUT2D eigenvalue weighted by Crippen LogP contribution is 2.04. The van der Waals surface area contributed by atoms with Crippen molar-refractivity contribution in [2.24, 2.45) is 5.73 Å². The van der Waals surface area contributed by atoms with Gasteiger partial charge in [0.15, 0.2) is 0 Å². The number of nitrogens with zero attached hydrogens (tertiary/aromatic N) is 1. The van der Waals surface area contributed by atoms with Crippen molar-refractivity contribution in [2.75, 3.05) is 13.1 Å². The second kappa shape index (κ2) is 7.12. The van der Waals surface area contributed by atoms with Crippen molar-refractivity contribution in [1.82, 2.24) is 10.3 Å². The van der Waals surface area contributed by atoms with Crippen LogP contribution in [0.3, 0.4) is 0 Å². The lowest BCUT2D eigenvalue weighted by atomic mass is 10.2. The van der Waals surface area contributed by atoms with Crippen molar-refractivity contribution in [3.05, 3.63) is 53.7 Å². The van der Waals surface area contributed by atoms with E-state index in [1.54, 1.807) is 24.6 Å². The van der Waals surface area contributed by atoms with E-state index in [2.05, 4.69) is 22.1 Å². The minimum atomic E-state index is -0.251. The molecule has 0 spiro atoms. The molecule has 0 radical (unpaired) electrons. The monoisotopic (exact) mass is 269 g/mol. The molecule has 20 heavy (non-hydrogen) atoms. The van der Waals surface area contributed by atoms with E-state index in [0.29, 0.717) is 24.2 Å². The first-order valence-electron chi connectivity index (χ1n) is 6.26. The number of carbonyl (C=O) groups is 1. The quantitative estimate of drug-likeness (QED) is 0.810. The molecule has 0 aliphatic heterocycles. The molecule has 5 heteroatoms. The molecule has 0 saturated heterocycles. The van der Waals surface area contributed by atoms with Crippen LogP contribution in [0, 0.1) is 11.8 Å². The molecular formula is C15H15N3O2. The van der Waals surface area contributed by atoms with Gasteiger partial charge in [-0.1, -0.05) is 11.8 Å². The Hall–Kier alpha value is -2.58. The SMILES string of the molecule is NCC#Cc1cccnc1C(=O)NCCc1ccco1. The largest absolute Gasteiger partial charge is 0.469 e. The van der Waals surface area contributed by atoms with Gasteiger partial charge in [-0.3, -0.25) is 4.79 Å². The molecule has 2 aromatic rings. The maximum Gasteiger partial charge on any atom is 0.271 e. The summed E-state index contributed by atoms with van der Waals surface area (Å²) in [5.41, 5.74) is 6.22. The molecule has 0 atom stereocenters. The first kappa shape index (κ1) is 13.8. The van der Waals surface area contributed by atoms with E-state index in [1.165, 1.54) is 0 Å². The van der Waals surface area contributed by atoms with Gasteiger partial charge < -0.3 is 15.5 Å². The van der Waals surface area contributed by atoms with Crippen LogP contribution in [0.4, 0.5) is 0 Å². The lowest BCUT2D eigenvalue weighted by molar-refractivity contribution is 0.0948. The van der Waals surface area contributed by atoms with E-state index >= 15 is 0 Å². The number of amides is 1. The fourth-order valence-electron chi connectivity index (χ4n) is 1.67. The molecule has 0 unspecified atom stereocenters. The van der Waals surface area contributed by atoms with Gasteiger partial charge in [-0.05, 0) is 24.3 Å². The van der Waals surface area contributed by atoms with Crippen LogP contribution >= 0.6 is 0 Å². The maximum atomic E-state index is 12.1. The minimum absolute atomic E-state index is 0.244. The Morgan fingerprint density at radius 1 is 1.40 bits per heavy atom. The molecule has 2 heterocycles. The molecular weight excluding hydrogens is 254 g/mol. The van der Waals surface area contributed by atoms with E-state index in [1.807, 2.05) is 12.1 Å². The Labute approximate surface area is 117 Å². The number of pyridine rings is 1. The van der Waals surface area contributed by atoms with E-state index in [0.717, 1.165) is 5.76 Å². The first-order chi connectivity index (χ1) is 9.81. The van der Waals surface area contributed by atoms with Gasteiger partial charge in [-0.2, -0.15) is 0 Å². The van der Waals surface area contributed by atoms with Gasteiger partial charge in [-0.15, -0.1) is 0 Å². The highest BCUT2D eigenvalue weighted by molar-refractivity contribution is 5.94. The highest BCUT2D eigenvalue weighted by atomic mass is 16.3. The number of rotatable bonds is 4. The van der Waals surface area contributed by atoms with Crippen molar-refractivity contribution < 1.29 is 9.21 Å². The maximum absolute atomic E-state index is 12.1. The van der Waals surface area contributed by atoms with Crippen LogP contribution in [0.25, 0.3) is 0 Å². The Bertz CT molecular complexity index is 624. The molecule has 0 bridgehead atoms. The Morgan fingerprint density at radius 3 is 3.05 bits per heavy atom. The minimum Gasteiger partial charge on any atom is -0.469 e. The summed E-state index contributed by atoms with van der Waals surface area (Å²) in [6.45, 7) is 0.723. The van der Waals surface area contributed by atoms with Crippen LogP contribution in [0.15, 0.2) is 41.1 Å². The zero-order valence-electron chi connectivity index (χ0n) is 10.9. The number of hydrogen-bond donors (Lipinski definition) is 2. The predicted octanol–water partition coefficient (Wildman–Crippen LogP) is 0.957. The number of furan rings is 1. The zero-order valence-corrected chi connectivity index (χ0v) is 10.9. The molecule has 0 aromatic carbocycles. The van der Waals surface area contributed by atoms with Gasteiger partial charge in [0.05, 0.1) is 18.4 Å². The fourth-order valence-corrected chi connectivity index (χ4v) is 1.67. The molecule has 102 valence electrons. The van der Waals surface area contributed by atoms with Crippen LogP contribution in [-0.2, 0) is 6.42 Å². The molecule has 0 aliphatic carbocycles. The number of aromatic nitrogens is 1. The smallest absolute Gasteiger partial charge is 0.271 e. The van der Waals surface area contributed by atoms with Crippen LogP contribution in [0.5, 0.6) is 0 Å². The Morgan fingerprint density at radius 2 is 2.30 bits per heavy atom. The van der Waals surface area contributed by atoms with Crippen molar-refractivity contribution in [3.8, 4) is 11.8 Å². The standard InChI is InChI=1S/C15H15N3O2/c16-8-1-4-12-5-2-9-17-14(12)15(19)18-10-7-13-6-3-11-20-13/h2-3,5-6,9,11H,7-8,10,16H2,(H,18,19). The predicted molar refractivity (Wildman–Crippen MR) is 74.9 cm³/mol. The van der Waals surface area contributed by atoms with E-state index in [9.17, 15) is 4.79 Å². The van der Waals surface area contributed by atoms with E-state index < -0.39 is 0 Å². The number of hydrogen-bond acceptors (Lipinski definition) is 4. The summed E-state index contributed by atoms with van der Waals surface area (Å²) in [5.74, 6) is 6.14. The fraction of sp³-hybridized carbons (Fsp3) is 0.200. The second-order valence-electron chi connectivity index (χ2n) is 3.99. The third-order valence-electron chi connectivity index (χ3n) is 2.58. The van der Waals surface area contributed by atoms with Gasteiger partial charge in [0, 0.05) is 19.2 Å². The van der Waals surface area contributed by atoms with Crippen molar-refractivity contribution in [2.45, 2.75) is 6.42 Å². The summed E-state index contributed by atoms with van der Waals surface area (Å²) in [6.07, 6.45) is 3.81. The van der Waals surface area contributed by atoms with Crippen LogP contribution in [0.1, 0.15) is 21.8 Å². The normalized spacial score (nSPS) is 9.65. The number of carbonyl (C=O) groups excluding carboxylic acids is 1. The molecule has 2 rings (SSSR count). The van der Waals surface area contributed by atoms with Crippen molar-refractivity contribution in [3.63, 3.8) is 0 Å². The average molecular weight is 269 g/mol. The molecule has 3 N–H and O–H groups in total. The van der Waals surface area contributed by atoms with Crippen molar-refractivity contribution in [1.29, 1.82) is 0 Å². The molecule has 5 nitrogen and oxygen atoms in total. The second-order valence-corrected chi connectivity index (χ2v) is 3.99. The third kappa shape index (κ3) is 3.70. The lowest BCUT2D eigenvalue weighted by Gasteiger charge is -2.05. The molecule has 0 aliphatic rings. The summed E-state index contributed by atoms with van der Waals surface area (Å²) in [5, 5.41) is 2.79. The topological polar surface area (TPSA) is 81.1 Å². The first-order valence-corrected chi connectivity index (χ1v) is 6.26. The van der Waals surface area contributed by atoms with Crippen LogP contribution in [-0.4, -0.2) is 24.0 Å². The van der Waals surface area contributed by atoms with Gasteiger partial charge in [0.25, 0.3) is 5.91 Å². The van der Waals surface area contributed by atoms with Gasteiger partial charge in [-0.25, -0.2) is 4.98 Å². The van der Waals surface area contributed by atoms with Gasteiger partial charge in [0.1, 0.15) is 11.5 Å². The average Bonchev–Trinajstić information content (AvgIpc) is 2.98. The van der Waals surface area contributed by atoms with Crippen molar-refractivity contribution >= 4 is 5.91 Å². The number of nitrogens with two attached hydrogens (primary N) is 1. The lowest BCUT2D eigenvalue weighted by Crippen LogP contribution is -2.27. The molecule has 0 saturated carbocycles. The summed E-state index contributed by atoms with van der Waals surface area (Å²) in [4.78, 5) is 16.1. The van der Waals surface area contributed by atoms with Gasteiger partial charge >= 0.3 is 0 Å². The number of nitrogens with one attached hydrogen (secondary N) is 1. The van der Waals surface area contributed by atoms with Gasteiger partial charge in [0.2, 0.25) is 0 Å². The molecule has 1 amide bonds. The van der Waals surface area contributed by atoms with Crippen LogP contribution in [0.2, 0.25) is 0 Å². The Kier molecular flexibility index (Phi) is 4.93. The third-order valence-corrected chi connectivity index (χ3v) is 2.58. The highest BCUT2D eigenvalue weighted by Gasteiger charge is 2.10. The molecule has 0 fully saturated rings. The zero-order chi connectivity index (χ0) is 14.2. The Balaban J connectivity index is 1.98. The van der Waals surface area contributed by atoms with E-state index in [4.69, 9.17) is 10.2 Å². The summed E-state index contributed by atoms with van der Waals surface area (Å²) < 4.78 is 5.19. The summed E-state index contributed by atoms with van der Waals surface area (Å²) in [7, 11) is 0. The molecule has 2 aromatic heterocycles.